The molecule has 0 fully saturated rings. The predicted octanol–water partition coefficient (Wildman–Crippen LogP) is 14.8. The quantitative estimate of drug-likeness (QED) is 0.177. The summed E-state index contributed by atoms with van der Waals surface area (Å²) in [5.41, 5.74) is 11.1. The van der Waals surface area contributed by atoms with Gasteiger partial charge in [0.25, 0.3) is 0 Å². The van der Waals surface area contributed by atoms with Crippen LogP contribution in [0, 0.1) is 0 Å². The average molecular weight is 794 g/mol. The van der Waals surface area contributed by atoms with E-state index in [2.05, 4.69) is 175 Å². The minimum Gasteiger partial charge on any atom is -0.456 e. The first-order chi connectivity index (χ1) is 30.7. The van der Waals surface area contributed by atoms with Crippen molar-refractivity contribution in [2.45, 2.75) is 6.17 Å². The Labute approximate surface area is 355 Å². The zero-order valence-corrected chi connectivity index (χ0v) is 33.3. The van der Waals surface area contributed by atoms with Crippen molar-refractivity contribution in [3.8, 4) is 22.3 Å². The second-order valence-electron chi connectivity index (χ2n) is 16.1. The number of para-hydroxylation sites is 1. The number of amidine groups is 2. The van der Waals surface area contributed by atoms with Crippen LogP contribution < -0.4 is 5.32 Å². The van der Waals surface area contributed by atoms with Gasteiger partial charge in [-0.1, -0.05) is 140 Å². The van der Waals surface area contributed by atoms with Gasteiger partial charge >= 0.3 is 0 Å². The van der Waals surface area contributed by atoms with Gasteiger partial charge in [-0.2, -0.15) is 0 Å². The number of furan rings is 2. The number of hydrogen-bond acceptors (Lipinski definition) is 5. The molecule has 3 heterocycles. The third-order valence-corrected chi connectivity index (χ3v) is 12.5. The van der Waals surface area contributed by atoms with Gasteiger partial charge in [0.1, 0.15) is 34.3 Å². The molecule has 62 heavy (non-hydrogen) atoms. The molecule has 5 heteroatoms. The lowest BCUT2D eigenvalue weighted by molar-refractivity contribution is 0.668. The van der Waals surface area contributed by atoms with Crippen LogP contribution in [-0.4, -0.2) is 11.7 Å². The Hall–Kier alpha value is -8.28. The first-order valence-corrected chi connectivity index (χ1v) is 21.0. The highest BCUT2D eigenvalue weighted by molar-refractivity contribution is 6.18. The van der Waals surface area contributed by atoms with Gasteiger partial charge in [-0.3, -0.25) is 0 Å². The van der Waals surface area contributed by atoms with E-state index in [-0.39, 0.29) is 6.17 Å². The number of aliphatic imine (C=N–C) groups is 2. The molecule has 13 rings (SSSR count). The van der Waals surface area contributed by atoms with Crippen LogP contribution in [0.25, 0.3) is 98.4 Å². The fourth-order valence-corrected chi connectivity index (χ4v) is 9.49. The monoisotopic (exact) mass is 793 g/mol. The molecule has 0 spiro atoms. The minimum atomic E-state index is -0.318. The highest BCUT2D eigenvalue weighted by Crippen LogP contribution is 2.42. The van der Waals surface area contributed by atoms with Crippen molar-refractivity contribution in [3.05, 3.63) is 217 Å². The van der Waals surface area contributed by atoms with E-state index in [1.807, 2.05) is 30.3 Å². The Balaban J connectivity index is 0.924. The Kier molecular flexibility index (Phi) is 7.60. The highest BCUT2D eigenvalue weighted by atomic mass is 16.3. The molecule has 10 aromatic carbocycles. The summed E-state index contributed by atoms with van der Waals surface area (Å²) in [6.07, 6.45) is -0.318. The van der Waals surface area contributed by atoms with E-state index in [9.17, 15) is 0 Å². The Morgan fingerprint density at radius 3 is 1.89 bits per heavy atom. The smallest absolute Gasteiger partial charge is 0.159 e. The van der Waals surface area contributed by atoms with Crippen LogP contribution in [0.4, 0.5) is 0 Å². The minimum absolute atomic E-state index is 0.318. The molecule has 0 saturated heterocycles. The summed E-state index contributed by atoms with van der Waals surface area (Å²) in [7, 11) is 0. The molecule has 5 nitrogen and oxygen atoms in total. The molecule has 0 bridgehead atoms. The first-order valence-electron chi connectivity index (χ1n) is 21.0. The summed E-state index contributed by atoms with van der Waals surface area (Å²) in [5, 5.41) is 15.2. The second kappa shape index (κ2) is 13.6. The van der Waals surface area contributed by atoms with Crippen molar-refractivity contribution in [1.82, 2.24) is 5.32 Å². The summed E-state index contributed by atoms with van der Waals surface area (Å²) in [6.45, 7) is 0. The van der Waals surface area contributed by atoms with Crippen LogP contribution in [-0.2, 0) is 0 Å². The van der Waals surface area contributed by atoms with Gasteiger partial charge in [0, 0.05) is 32.7 Å². The van der Waals surface area contributed by atoms with E-state index in [1.54, 1.807) is 0 Å². The lowest BCUT2D eigenvalue weighted by Crippen LogP contribution is -2.33. The van der Waals surface area contributed by atoms with Crippen molar-refractivity contribution in [2.24, 2.45) is 9.98 Å². The fourth-order valence-electron chi connectivity index (χ4n) is 9.49. The number of benzene rings is 10. The van der Waals surface area contributed by atoms with Crippen molar-refractivity contribution >= 4 is 87.9 Å². The summed E-state index contributed by atoms with van der Waals surface area (Å²) < 4.78 is 12.7. The Bertz CT molecular complexity index is 3850. The van der Waals surface area contributed by atoms with Gasteiger partial charge in [-0.25, -0.2) is 9.98 Å². The van der Waals surface area contributed by atoms with E-state index in [1.165, 1.54) is 27.1 Å². The van der Waals surface area contributed by atoms with Gasteiger partial charge in [-0.15, -0.1) is 0 Å². The maximum atomic E-state index is 6.54. The molecule has 1 aliphatic rings. The van der Waals surface area contributed by atoms with Crippen LogP contribution in [0.15, 0.2) is 219 Å². The van der Waals surface area contributed by atoms with Crippen molar-refractivity contribution in [1.29, 1.82) is 0 Å². The van der Waals surface area contributed by atoms with E-state index >= 15 is 0 Å². The molecule has 2 aromatic heterocycles. The number of nitrogens with zero attached hydrogens (tertiary/aromatic N) is 2. The molecule has 0 amide bonds. The molecule has 0 saturated carbocycles. The van der Waals surface area contributed by atoms with Gasteiger partial charge in [-0.05, 0) is 121 Å². The van der Waals surface area contributed by atoms with Crippen LogP contribution >= 0.6 is 0 Å². The van der Waals surface area contributed by atoms with E-state index in [0.29, 0.717) is 5.84 Å². The van der Waals surface area contributed by atoms with E-state index in [4.69, 9.17) is 18.8 Å². The van der Waals surface area contributed by atoms with Crippen LogP contribution in [0.2, 0.25) is 0 Å². The van der Waals surface area contributed by atoms with Crippen molar-refractivity contribution < 1.29 is 8.83 Å². The molecule has 12 aromatic rings. The second-order valence-corrected chi connectivity index (χ2v) is 16.1. The lowest BCUT2D eigenvalue weighted by atomic mass is 9.92. The third-order valence-electron chi connectivity index (χ3n) is 12.5. The molecule has 290 valence electrons. The van der Waals surface area contributed by atoms with Gasteiger partial charge in [0.05, 0.1) is 0 Å². The zero-order chi connectivity index (χ0) is 40.7. The maximum Gasteiger partial charge on any atom is 0.159 e. The molecule has 1 N–H and O–H groups in total. The van der Waals surface area contributed by atoms with Crippen LogP contribution in [0.1, 0.15) is 22.9 Å². The molecular weight excluding hydrogens is 759 g/mol. The van der Waals surface area contributed by atoms with Crippen molar-refractivity contribution in [3.63, 3.8) is 0 Å². The van der Waals surface area contributed by atoms with Gasteiger partial charge in [0.15, 0.2) is 5.84 Å². The third kappa shape index (κ3) is 5.56. The van der Waals surface area contributed by atoms with E-state index < -0.39 is 0 Å². The Morgan fingerprint density at radius 1 is 0.371 bits per heavy atom. The Morgan fingerprint density at radius 2 is 1.00 bits per heavy atom. The SMILES string of the molecule is c1ccc(C2N=C(c3ccc4oc5ccccc5c4c3)N=C(c3ccc4ccc(-c5cccc6oc7ccc(-c8cc9ccccc9c9ccccc89)cc7c56)cc4c3)N2)cc1. The molecule has 1 unspecified atom stereocenters. The molecule has 0 radical (unpaired) electrons. The molecular formula is C57H35N3O2. The summed E-state index contributed by atoms with van der Waals surface area (Å²) in [4.78, 5) is 10.4. The van der Waals surface area contributed by atoms with E-state index in [0.717, 1.165) is 93.9 Å². The lowest BCUT2D eigenvalue weighted by Gasteiger charge is -2.24. The van der Waals surface area contributed by atoms with Gasteiger partial charge in [0.2, 0.25) is 0 Å². The number of fused-ring (bicyclic) bond motifs is 10. The average Bonchev–Trinajstić information content (AvgIpc) is 3.91. The first kappa shape index (κ1) is 34.6. The largest absolute Gasteiger partial charge is 0.456 e. The summed E-state index contributed by atoms with van der Waals surface area (Å²) in [5.74, 6) is 1.44. The summed E-state index contributed by atoms with van der Waals surface area (Å²) in [6, 6.07) is 70.7. The highest BCUT2D eigenvalue weighted by Gasteiger charge is 2.23. The maximum absolute atomic E-state index is 6.54. The van der Waals surface area contributed by atoms with Crippen molar-refractivity contribution in [2.75, 3.05) is 0 Å². The molecule has 1 aliphatic heterocycles. The predicted molar refractivity (Wildman–Crippen MR) is 256 cm³/mol. The van der Waals surface area contributed by atoms with Crippen LogP contribution in [0.3, 0.4) is 0 Å². The molecule has 0 aliphatic carbocycles. The topological polar surface area (TPSA) is 63.0 Å². The normalized spacial score (nSPS) is 14.3. The standard InChI is InChI=1S/C57H35N3O2/c1-2-11-35(12-3-1)55-58-56(60-57(59-55)40-26-28-51-48(33-40)46-17-8-9-19-50(46)61-51)39-24-22-34-21-23-37(29-41(34)30-39)43-18-10-20-53-54(43)49-32-38(25-27-52(49)62-53)47-31-36-13-4-5-14-42(36)44-15-6-7-16-45(44)47/h1-33,55H,(H,58,59,60). The number of hydrogen-bond donors (Lipinski definition) is 1. The van der Waals surface area contributed by atoms with Crippen LogP contribution in [0.5, 0.6) is 0 Å². The summed E-state index contributed by atoms with van der Waals surface area (Å²) >= 11 is 0. The molecule has 1 atom stereocenters. The fraction of sp³-hybridized carbons (Fsp3) is 0.0175. The zero-order valence-electron chi connectivity index (χ0n) is 33.3. The van der Waals surface area contributed by atoms with Gasteiger partial charge < -0.3 is 14.2 Å². The number of nitrogens with one attached hydrogen (secondary N) is 1. The number of rotatable bonds is 5.